The van der Waals surface area contributed by atoms with Crippen molar-refractivity contribution in [2.24, 2.45) is 0 Å². The molecule has 1 rings (SSSR count). The van der Waals surface area contributed by atoms with Crippen molar-refractivity contribution in [2.45, 2.75) is 13.3 Å². The average Bonchev–Trinajstić information content (AvgIpc) is 2.25. The molecule has 0 saturated heterocycles. The van der Waals surface area contributed by atoms with Crippen LogP contribution >= 0.6 is 23.2 Å². The maximum Gasteiger partial charge on any atom is 0.143 e. The Morgan fingerprint density at radius 1 is 1.19 bits per heavy atom. The molecule has 3 nitrogen and oxygen atoms in total. The molecule has 0 atom stereocenters. The summed E-state index contributed by atoms with van der Waals surface area (Å²) in [6.45, 7) is 3.90. The first kappa shape index (κ1) is 13.4. The van der Waals surface area contributed by atoms with E-state index >= 15 is 0 Å². The number of ether oxygens (including phenoxy) is 2. The predicted molar refractivity (Wildman–Crippen MR) is 67.5 cm³/mol. The molecule has 0 amide bonds. The van der Waals surface area contributed by atoms with Gasteiger partial charge in [-0.05, 0) is 13.0 Å². The minimum absolute atomic E-state index is 0.431. The standard InChI is InChI=1S/C11H15Cl2NO2/c1-2-15-4-3-5-16-11-7-9(13)8(12)6-10(11)14/h6-7H,2-5,14H2,1H3. The van der Waals surface area contributed by atoms with E-state index in [0.717, 1.165) is 13.0 Å². The van der Waals surface area contributed by atoms with Crippen molar-refractivity contribution in [3.05, 3.63) is 22.2 Å². The first-order valence-corrected chi connectivity index (χ1v) is 5.85. The van der Waals surface area contributed by atoms with Gasteiger partial charge in [0.25, 0.3) is 0 Å². The summed E-state index contributed by atoms with van der Waals surface area (Å²) < 4.78 is 10.7. The van der Waals surface area contributed by atoms with Gasteiger partial charge in [0.2, 0.25) is 0 Å². The maximum atomic E-state index is 5.86. The van der Waals surface area contributed by atoms with Crippen LogP contribution in [-0.4, -0.2) is 19.8 Å². The van der Waals surface area contributed by atoms with Gasteiger partial charge in [-0.2, -0.15) is 0 Å². The van der Waals surface area contributed by atoms with Crippen molar-refractivity contribution in [2.75, 3.05) is 25.6 Å². The van der Waals surface area contributed by atoms with E-state index in [-0.39, 0.29) is 0 Å². The Labute approximate surface area is 105 Å². The molecule has 0 heterocycles. The fourth-order valence-electron chi connectivity index (χ4n) is 1.16. The largest absolute Gasteiger partial charge is 0.491 e. The van der Waals surface area contributed by atoms with Gasteiger partial charge < -0.3 is 15.2 Å². The molecule has 16 heavy (non-hydrogen) atoms. The van der Waals surface area contributed by atoms with Crippen LogP contribution in [0.1, 0.15) is 13.3 Å². The lowest BCUT2D eigenvalue weighted by Gasteiger charge is -2.10. The summed E-state index contributed by atoms with van der Waals surface area (Å²) in [6.07, 6.45) is 0.813. The zero-order valence-corrected chi connectivity index (χ0v) is 10.6. The maximum absolute atomic E-state index is 5.86. The predicted octanol–water partition coefficient (Wildman–Crippen LogP) is 3.38. The zero-order valence-electron chi connectivity index (χ0n) is 9.13. The number of nitrogens with two attached hydrogens (primary N) is 1. The van der Waals surface area contributed by atoms with Gasteiger partial charge in [0, 0.05) is 25.7 Å². The summed E-state index contributed by atoms with van der Waals surface area (Å²) in [7, 11) is 0. The van der Waals surface area contributed by atoms with Crippen LogP contribution in [0.3, 0.4) is 0 Å². The Morgan fingerprint density at radius 3 is 2.56 bits per heavy atom. The third-order valence-electron chi connectivity index (χ3n) is 1.95. The topological polar surface area (TPSA) is 44.5 Å². The second kappa shape index (κ2) is 6.84. The fraction of sp³-hybridized carbons (Fsp3) is 0.455. The van der Waals surface area contributed by atoms with Crippen LogP contribution in [0.5, 0.6) is 5.75 Å². The van der Waals surface area contributed by atoms with E-state index in [1.165, 1.54) is 0 Å². The van der Waals surface area contributed by atoms with Crippen molar-refractivity contribution in [3.63, 3.8) is 0 Å². The summed E-state index contributed by atoms with van der Waals surface area (Å²) in [5.74, 6) is 0.561. The molecule has 1 aromatic carbocycles. The summed E-state index contributed by atoms with van der Waals surface area (Å²) in [5, 5.41) is 0.872. The molecule has 0 bridgehead atoms. The molecule has 5 heteroatoms. The fourth-order valence-corrected chi connectivity index (χ4v) is 1.48. The molecular weight excluding hydrogens is 249 g/mol. The Balaban J connectivity index is 2.45. The molecule has 0 fully saturated rings. The van der Waals surface area contributed by atoms with Crippen molar-refractivity contribution in [1.29, 1.82) is 0 Å². The Bertz CT molecular complexity index is 345. The molecule has 0 aromatic heterocycles. The van der Waals surface area contributed by atoms with Crippen molar-refractivity contribution >= 4 is 28.9 Å². The van der Waals surface area contributed by atoms with Crippen LogP contribution in [0.25, 0.3) is 0 Å². The molecule has 0 unspecified atom stereocenters. The minimum Gasteiger partial charge on any atom is -0.491 e. The number of nitrogen functional groups attached to an aromatic ring is 1. The number of benzene rings is 1. The highest BCUT2D eigenvalue weighted by Crippen LogP contribution is 2.32. The van der Waals surface area contributed by atoms with Crippen molar-refractivity contribution in [1.82, 2.24) is 0 Å². The van der Waals surface area contributed by atoms with E-state index in [4.69, 9.17) is 38.4 Å². The first-order chi connectivity index (χ1) is 7.65. The zero-order chi connectivity index (χ0) is 12.0. The summed E-state index contributed by atoms with van der Waals surface area (Å²) in [6, 6.07) is 3.21. The van der Waals surface area contributed by atoms with Gasteiger partial charge in [-0.3, -0.25) is 0 Å². The van der Waals surface area contributed by atoms with E-state index in [1.807, 2.05) is 6.92 Å². The Kier molecular flexibility index (Phi) is 5.74. The van der Waals surface area contributed by atoms with E-state index in [9.17, 15) is 0 Å². The number of hydrogen-bond acceptors (Lipinski definition) is 3. The number of anilines is 1. The molecule has 0 spiro atoms. The SMILES string of the molecule is CCOCCCOc1cc(Cl)c(Cl)cc1N. The molecule has 2 N–H and O–H groups in total. The highest BCUT2D eigenvalue weighted by atomic mass is 35.5. The lowest BCUT2D eigenvalue weighted by atomic mass is 10.3. The normalized spacial score (nSPS) is 10.4. The van der Waals surface area contributed by atoms with Gasteiger partial charge in [0.15, 0.2) is 0 Å². The van der Waals surface area contributed by atoms with Gasteiger partial charge in [0.05, 0.1) is 22.3 Å². The van der Waals surface area contributed by atoms with Crippen molar-refractivity contribution in [3.8, 4) is 5.75 Å². The average molecular weight is 264 g/mol. The van der Waals surface area contributed by atoms with E-state index in [2.05, 4.69) is 0 Å². The molecule has 0 radical (unpaired) electrons. The molecule has 0 aliphatic carbocycles. The molecule has 0 aliphatic rings. The summed E-state index contributed by atoms with van der Waals surface area (Å²) in [4.78, 5) is 0. The second-order valence-corrected chi connectivity index (χ2v) is 4.02. The van der Waals surface area contributed by atoms with Gasteiger partial charge >= 0.3 is 0 Å². The second-order valence-electron chi connectivity index (χ2n) is 3.20. The van der Waals surface area contributed by atoms with Crippen LogP contribution in [0.15, 0.2) is 12.1 Å². The number of rotatable bonds is 6. The van der Waals surface area contributed by atoms with E-state index < -0.39 is 0 Å². The van der Waals surface area contributed by atoms with Crippen molar-refractivity contribution < 1.29 is 9.47 Å². The molecule has 0 saturated carbocycles. The smallest absolute Gasteiger partial charge is 0.143 e. The molecule has 1 aromatic rings. The summed E-state index contributed by atoms with van der Waals surface area (Å²) in [5.41, 5.74) is 6.22. The monoisotopic (exact) mass is 263 g/mol. The Morgan fingerprint density at radius 2 is 1.88 bits per heavy atom. The number of halogens is 2. The molecule has 0 aliphatic heterocycles. The van der Waals surface area contributed by atoms with Gasteiger partial charge in [-0.25, -0.2) is 0 Å². The van der Waals surface area contributed by atoms with E-state index in [0.29, 0.717) is 34.7 Å². The lowest BCUT2D eigenvalue weighted by Crippen LogP contribution is -2.04. The highest BCUT2D eigenvalue weighted by Gasteiger charge is 2.05. The third kappa shape index (κ3) is 4.08. The highest BCUT2D eigenvalue weighted by molar-refractivity contribution is 6.42. The van der Waals surface area contributed by atoms with Gasteiger partial charge in [-0.1, -0.05) is 23.2 Å². The van der Waals surface area contributed by atoms with Crippen LogP contribution in [0.4, 0.5) is 5.69 Å². The number of hydrogen-bond donors (Lipinski definition) is 1. The third-order valence-corrected chi connectivity index (χ3v) is 2.67. The van der Waals surface area contributed by atoms with Crippen LogP contribution < -0.4 is 10.5 Å². The van der Waals surface area contributed by atoms with Gasteiger partial charge in [-0.15, -0.1) is 0 Å². The van der Waals surface area contributed by atoms with Crippen LogP contribution in [-0.2, 0) is 4.74 Å². The first-order valence-electron chi connectivity index (χ1n) is 5.10. The quantitative estimate of drug-likeness (QED) is 0.632. The van der Waals surface area contributed by atoms with Crippen LogP contribution in [0.2, 0.25) is 10.0 Å². The van der Waals surface area contributed by atoms with Crippen LogP contribution in [0, 0.1) is 0 Å². The molecular formula is C11H15Cl2NO2. The Hall–Kier alpha value is -0.640. The minimum atomic E-state index is 0.431. The molecule has 90 valence electrons. The van der Waals surface area contributed by atoms with E-state index in [1.54, 1.807) is 12.1 Å². The summed E-state index contributed by atoms with van der Waals surface area (Å²) >= 11 is 11.7. The lowest BCUT2D eigenvalue weighted by molar-refractivity contribution is 0.131. The van der Waals surface area contributed by atoms with Gasteiger partial charge in [0.1, 0.15) is 5.75 Å².